The zero-order valence-corrected chi connectivity index (χ0v) is 27.4. The third kappa shape index (κ3) is 7.59. The fourth-order valence-corrected chi connectivity index (χ4v) is 6.54. The van der Waals surface area contributed by atoms with Crippen LogP contribution < -0.4 is 14.5 Å². The van der Waals surface area contributed by atoms with E-state index in [0.717, 1.165) is 27.8 Å². The number of pyridine rings is 1. The highest BCUT2D eigenvalue weighted by molar-refractivity contribution is 7.92. The van der Waals surface area contributed by atoms with Crippen molar-refractivity contribution >= 4 is 38.7 Å². The van der Waals surface area contributed by atoms with Gasteiger partial charge in [-0.1, -0.05) is 77.9 Å². The zero-order valence-electron chi connectivity index (χ0n) is 26.6. The van der Waals surface area contributed by atoms with Gasteiger partial charge in [0.15, 0.2) is 0 Å². The molecule has 1 amide bonds. The Labute approximate surface area is 280 Å². The van der Waals surface area contributed by atoms with Crippen LogP contribution in [-0.2, 0) is 23.2 Å². The van der Waals surface area contributed by atoms with Gasteiger partial charge in [-0.25, -0.2) is 13.8 Å². The van der Waals surface area contributed by atoms with Crippen molar-refractivity contribution in [3.63, 3.8) is 0 Å². The van der Waals surface area contributed by atoms with Gasteiger partial charge in [0, 0.05) is 17.1 Å². The van der Waals surface area contributed by atoms with Gasteiger partial charge in [0.1, 0.15) is 12.4 Å². The molecule has 9 heteroatoms. The molecule has 6 rings (SSSR count). The molecule has 0 bridgehead atoms. The van der Waals surface area contributed by atoms with Crippen molar-refractivity contribution in [2.45, 2.75) is 31.9 Å². The van der Waals surface area contributed by atoms with Crippen LogP contribution in [0.2, 0.25) is 0 Å². The van der Waals surface area contributed by atoms with Crippen LogP contribution in [0, 0.1) is 13.8 Å². The van der Waals surface area contributed by atoms with E-state index in [1.165, 1.54) is 9.87 Å². The molecule has 0 aliphatic rings. The fourth-order valence-electron chi connectivity index (χ4n) is 5.08. The molecule has 0 fully saturated rings. The number of nitrogens with one attached hydrogen (secondary N) is 1. The first kappa shape index (κ1) is 32.2. The van der Waals surface area contributed by atoms with E-state index in [0.29, 0.717) is 28.9 Å². The number of amides is 1. The van der Waals surface area contributed by atoms with Crippen LogP contribution in [-0.4, -0.2) is 25.5 Å². The average Bonchev–Trinajstić information content (AvgIpc) is 3.11. The van der Waals surface area contributed by atoms with Crippen molar-refractivity contribution in [3.8, 4) is 5.75 Å². The van der Waals surface area contributed by atoms with E-state index in [4.69, 9.17) is 4.74 Å². The Morgan fingerprint density at radius 2 is 1.44 bits per heavy atom. The van der Waals surface area contributed by atoms with Gasteiger partial charge in [0.2, 0.25) is 0 Å². The molecule has 8 nitrogen and oxygen atoms in total. The van der Waals surface area contributed by atoms with Gasteiger partial charge in [-0.05, 0) is 91.2 Å². The maximum atomic E-state index is 14.0. The molecule has 1 N–H and O–H groups in total. The Kier molecular flexibility index (Phi) is 9.59. The molecule has 0 aliphatic heterocycles. The summed E-state index contributed by atoms with van der Waals surface area (Å²) in [5, 5.41) is 4.93. The Hall–Kier alpha value is -5.80. The first-order valence-corrected chi connectivity index (χ1v) is 16.8. The second kappa shape index (κ2) is 14.3. The molecular weight excluding hydrogens is 621 g/mol. The highest BCUT2D eigenvalue weighted by Crippen LogP contribution is 2.31. The fraction of sp³-hybridized carbons (Fsp3) is 0.103. The van der Waals surface area contributed by atoms with Crippen molar-refractivity contribution in [1.82, 2.24) is 10.4 Å². The van der Waals surface area contributed by atoms with E-state index in [1.54, 1.807) is 67.0 Å². The minimum atomic E-state index is -3.96. The Bertz CT molecular complexity index is 2160. The summed E-state index contributed by atoms with van der Waals surface area (Å²) in [4.78, 5) is 17.5. The summed E-state index contributed by atoms with van der Waals surface area (Å²) >= 11 is 0. The number of aromatic nitrogens is 1. The smallest absolute Gasteiger partial charge is 0.271 e. The molecular formula is C39H34N4O4S. The predicted molar refractivity (Wildman–Crippen MR) is 190 cm³/mol. The molecule has 0 unspecified atom stereocenters. The summed E-state index contributed by atoms with van der Waals surface area (Å²) in [6, 6.07) is 38.4. The summed E-state index contributed by atoms with van der Waals surface area (Å²) in [5.41, 5.74) is 8.74. The van der Waals surface area contributed by atoms with Crippen LogP contribution in [0.25, 0.3) is 10.9 Å². The molecule has 0 aliphatic carbocycles. The highest BCUT2D eigenvalue weighted by Gasteiger charge is 2.27. The number of sulfonamides is 1. The lowest BCUT2D eigenvalue weighted by Crippen LogP contribution is -2.31. The van der Waals surface area contributed by atoms with Crippen LogP contribution in [0.3, 0.4) is 0 Å². The number of ether oxygens (including phenoxy) is 1. The minimum Gasteiger partial charge on any atom is -0.489 e. The number of rotatable bonds is 11. The van der Waals surface area contributed by atoms with Gasteiger partial charge in [0.25, 0.3) is 15.9 Å². The van der Waals surface area contributed by atoms with Crippen molar-refractivity contribution in [2.24, 2.45) is 5.10 Å². The van der Waals surface area contributed by atoms with Crippen LogP contribution in [0.15, 0.2) is 144 Å². The molecule has 0 saturated carbocycles. The maximum absolute atomic E-state index is 14.0. The van der Waals surface area contributed by atoms with Gasteiger partial charge >= 0.3 is 0 Å². The number of carbonyl (C=O) groups excluding carboxylic acids is 1. The van der Waals surface area contributed by atoms with E-state index in [-0.39, 0.29) is 11.4 Å². The van der Waals surface area contributed by atoms with Gasteiger partial charge in [-0.2, -0.15) is 5.10 Å². The molecule has 1 heterocycles. The number of aryl methyl sites for hydroxylation is 2. The number of fused-ring (bicyclic) bond motifs is 1. The predicted octanol–water partition coefficient (Wildman–Crippen LogP) is 7.59. The van der Waals surface area contributed by atoms with Crippen LogP contribution >= 0.6 is 0 Å². The standard InChI is InChI=1S/C39H34N4O4S/c1-28-8-12-32(13-9-28)27-47-35-20-16-30(17-21-35)25-41-42-39(44)34-18-14-31(15-19-34)26-43(48(45,46)36-22-10-29(2)11-23-36)37-7-3-5-33-6-4-24-40-38(33)37/h3-25H,26-27H2,1-2H3,(H,42,44)/b41-25-. The molecule has 48 heavy (non-hydrogen) atoms. The average molecular weight is 655 g/mol. The summed E-state index contributed by atoms with van der Waals surface area (Å²) in [7, 11) is -3.96. The van der Waals surface area contributed by atoms with Crippen LogP contribution in [0.5, 0.6) is 5.75 Å². The quantitative estimate of drug-likeness (QED) is 0.115. The van der Waals surface area contributed by atoms with Crippen molar-refractivity contribution in [1.29, 1.82) is 0 Å². The van der Waals surface area contributed by atoms with E-state index < -0.39 is 15.9 Å². The number of para-hydroxylation sites is 1. The molecule has 0 saturated heterocycles. The van der Waals surface area contributed by atoms with Gasteiger partial charge in [-0.3, -0.25) is 14.1 Å². The summed E-state index contributed by atoms with van der Waals surface area (Å²) in [6.45, 7) is 4.47. The second-order valence-electron chi connectivity index (χ2n) is 11.4. The van der Waals surface area contributed by atoms with Gasteiger partial charge < -0.3 is 4.74 Å². The first-order valence-electron chi connectivity index (χ1n) is 15.4. The van der Waals surface area contributed by atoms with E-state index in [1.807, 2.05) is 74.5 Å². The van der Waals surface area contributed by atoms with Gasteiger partial charge in [0.05, 0.1) is 28.9 Å². The van der Waals surface area contributed by atoms with E-state index in [2.05, 4.69) is 27.6 Å². The molecule has 0 radical (unpaired) electrons. The Morgan fingerprint density at radius 3 is 2.15 bits per heavy atom. The van der Waals surface area contributed by atoms with Crippen molar-refractivity contribution in [2.75, 3.05) is 4.31 Å². The number of benzene rings is 5. The van der Waals surface area contributed by atoms with Crippen molar-refractivity contribution < 1.29 is 17.9 Å². The lowest BCUT2D eigenvalue weighted by atomic mass is 10.1. The molecule has 6 aromatic rings. The third-order valence-electron chi connectivity index (χ3n) is 7.82. The lowest BCUT2D eigenvalue weighted by Gasteiger charge is -2.25. The minimum absolute atomic E-state index is 0.0384. The zero-order chi connectivity index (χ0) is 33.5. The number of carbonyl (C=O) groups is 1. The van der Waals surface area contributed by atoms with Gasteiger partial charge in [-0.15, -0.1) is 0 Å². The summed E-state index contributed by atoms with van der Waals surface area (Å²) in [5.74, 6) is 0.344. The summed E-state index contributed by atoms with van der Waals surface area (Å²) in [6.07, 6.45) is 3.21. The van der Waals surface area contributed by atoms with Crippen LogP contribution in [0.4, 0.5) is 5.69 Å². The molecule has 5 aromatic carbocycles. The van der Waals surface area contributed by atoms with E-state index in [9.17, 15) is 13.2 Å². The Morgan fingerprint density at radius 1 is 0.792 bits per heavy atom. The normalized spacial score (nSPS) is 11.5. The lowest BCUT2D eigenvalue weighted by molar-refractivity contribution is 0.0955. The molecule has 240 valence electrons. The molecule has 0 atom stereocenters. The summed E-state index contributed by atoms with van der Waals surface area (Å²) < 4.78 is 35.3. The first-order chi connectivity index (χ1) is 23.3. The number of anilines is 1. The molecule has 1 aromatic heterocycles. The van der Waals surface area contributed by atoms with E-state index >= 15 is 0 Å². The number of hydrazone groups is 1. The largest absolute Gasteiger partial charge is 0.489 e. The maximum Gasteiger partial charge on any atom is 0.271 e. The van der Waals surface area contributed by atoms with Crippen LogP contribution in [0.1, 0.15) is 38.2 Å². The number of nitrogens with zero attached hydrogens (tertiary/aromatic N) is 3. The SMILES string of the molecule is Cc1ccc(COc2ccc(/C=N\NC(=O)c3ccc(CN(c4cccc5cccnc45)S(=O)(=O)c4ccc(C)cc4)cc3)cc2)cc1. The number of hydrogen-bond acceptors (Lipinski definition) is 6. The highest BCUT2D eigenvalue weighted by atomic mass is 32.2. The third-order valence-corrected chi connectivity index (χ3v) is 9.59. The monoisotopic (exact) mass is 654 g/mol. The second-order valence-corrected chi connectivity index (χ2v) is 13.3. The van der Waals surface area contributed by atoms with Crippen molar-refractivity contribution in [3.05, 3.63) is 167 Å². The number of hydrogen-bond donors (Lipinski definition) is 1. The topological polar surface area (TPSA) is 101 Å². The Balaban J connectivity index is 1.13. The molecule has 0 spiro atoms.